The van der Waals surface area contributed by atoms with E-state index >= 15 is 0 Å². The summed E-state index contributed by atoms with van der Waals surface area (Å²) in [4.78, 5) is 3.50. The van der Waals surface area contributed by atoms with Crippen LogP contribution in [0.2, 0.25) is 0 Å². The van der Waals surface area contributed by atoms with Crippen molar-refractivity contribution in [3.05, 3.63) is 48.0 Å². The monoisotopic (exact) mass is 209 g/mol. The van der Waals surface area contributed by atoms with Gasteiger partial charge in [-0.05, 0) is 18.1 Å². The molecule has 79 valence electrons. The van der Waals surface area contributed by atoms with Crippen LogP contribution in [0.1, 0.15) is 12.5 Å². The van der Waals surface area contributed by atoms with E-state index in [0.29, 0.717) is 0 Å². The van der Waals surface area contributed by atoms with Gasteiger partial charge < -0.3 is 4.98 Å². The van der Waals surface area contributed by atoms with E-state index in [9.17, 15) is 0 Å². The third-order valence-electron chi connectivity index (χ3n) is 3.01. The van der Waals surface area contributed by atoms with Crippen molar-refractivity contribution >= 4 is 21.8 Å². The molecule has 0 aliphatic carbocycles. The Labute approximate surface area is 94.9 Å². The van der Waals surface area contributed by atoms with Gasteiger partial charge in [0.1, 0.15) is 0 Å². The molecule has 0 spiro atoms. The van der Waals surface area contributed by atoms with Gasteiger partial charge in [-0.15, -0.1) is 0 Å². The van der Waals surface area contributed by atoms with E-state index in [2.05, 4.69) is 54.4 Å². The van der Waals surface area contributed by atoms with Crippen molar-refractivity contribution in [2.75, 3.05) is 0 Å². The van der Waals surface area contributed by atoms with Gasteiger partial charge in [-0.3, -0.25) is 0 Å². The Bertz CT molecular complexity index is 623. The van der Waals surface area contributed by atoms with Crippen molar-refractivity contribution in [1.82, 2.24) is 11.1 Å². The van der Waals surface area contributed by atoms with Crippen molar-refractivity contribution < 1.29 is 0 Å². The summed E-state index contributed by atoms with van der Waals surface area (Å²) in [5.74, 6) is 0. The van der Waals surface area contributed by atoms with Crippen molar-refractivity contribution in [2.45, 2.75) is 13.3 Å². The Morgan fingerprint density at radius 3 is 2.50 bits per heavy atom. The maximum atomic E-state index is 3.50. The fourth-order valence-electron chi connectivity index (χ4n) is 2.23. The fraction of sp³-hybridized carbons (Fsp3) is 0.143. The molecule has 1 aromatic heterocycles. The Kier molecular flexibility index (Phi) is 2.67. The molecule has 2 heteroatoms. The van der Waals surface area contributed by atoms with Gasteiger partial charge in [-0.25, -0.2) is 0 Å². The smallest absolute Gasteiger partial charge is 0.0497 e. The summed E-state index contributed by atoms with van der Waals surface area (Å²) in [6.07, 6.45) is 1.07. The lowest BCUT2D eigenvalue weighted by Crippen LogP contribution is -1.80. The van der Waals surface area contributed by atoms with Gasteiger partial charge in [0.15, 0.2) is 0 Å². The van der Waals surface area contributed by atoms with Gasteiger partial charge in [0.25, 0.3) is 0 Å². The minimum atomic E-state index is 0. The summed E-state index contributed by atoms with van der Waals surface area (Å²) >= 11 is 0. The third-order valence-corrected chi connectivity index (χ3v) is 3.01. The Morgan fingerprint density at radius 1 is 0.938 bits per heavy atom. The lowest BCUT2D eigenvalue weighted by Gasteiger charge is -1.97. The summed E-state index contributed by atoms with van der Waals surface area (Å²) in [6, 6.07) is 15.0. The second kappa shape index (κ2) is 3.99. The van der Waals surface area contributed by atoms with E-state index in [-0.39, 0.29) is 6.15 Å². The number of nitrogens with one attached hydrogen (secondary N) is 1. The molecule has 3 radical (unpaired) electrons. The highest BCUT2D eigenvalue weighted by molar-refractivity contribution is 6.08. The minimum absolute atomic E-state index is 0. The maximum Gasteiger partial charge on any atom is 0.0497 e. The van der Waals surface area contributed by atoms with E-state index < -0.39 is 0 Å². The van der Waals surface area contributed by atoms with Crippen molar-refractivity contribution in [3.8, 4) is 0 Å². The molecule has 3 aromatic rings. The number of para-hydroxylation sites is 2. The Hall–Kier alpha value is -1.80. The van der Waals surface area contributed by atoms with Gasteiger partial charge >= 0.3 is 0 Å². The molecule has 3 rings (SSSR count). The van der Waals surface area contributed by atoms with Gasteiger partial charge in [-0.1, -0.05) is 43.3 Å². The first kappa shape index (κ1) is 10.7. The summed E-state index contributed by atoms with van der Waals surface area (Å²) in [6.45, 7) is 2.19. The van der Waals surface area contributed by atoms with Crippen LogP contribution >= 0.6 is 0 Å². The molecule has 1 heterocycles. The van der Waals surface area contributed by atoms with Gasteiger partial charge in [-0.2, -0.15) is 0 Å². The maximum absolute atomic E-state index is 3.50. The van der Waals surface area contributed by atoms with Crippen molar-refractivity contribution in [2.24, 2.45) is 0 Å². The topological polar surface area (TPSA) is 46.3 Å². The lowest BCUT2D eigenvalue weighted by molar-refractivity contribution is 1.15. The van der Waals surface area contributed by atoms with Crippen LogP contribution < -0.4 is 6.15 Å². The molecule has 0 fully saturated rings. The van der Waals surface area contributed by atoms with Crippen LogP contribution in [-0.4, -0.2) is 4.98 Å². The first-order chi connectivity index (χ1) is 7.40. The molecule has 0 amide bonds. The number of hydrogen-bond acceptors (Lipinski definition) is 0. The average molecular weight is 209 g/mol. The number of aromatic amines is 1. The minimum Gasteiger partial charge on any atom is -0.354 e. The highest BCUT2D eigenvalue weighted by Crippen LogP contribution is 2.27. The molecule has 2 nitrogen and oxygen atoms in total. The summed E-state index contributed by atoms with van der Waals surface area (Å²) in [7, 11) is 0. The van der Waals surface area contributed by atoms with Crippen LogP contribution in [0.5, 0.6) is 0 Å². The van der Waals surface area contributed by atoms with Crippen LogP contribution in [0, 0.1) is 0 Å². The second-order valence-electron chi connectivity index (χ2n) is 3.86. The quantitative estimate of drug-likeness (QED) is 0.638. The largest absolute Gasteiger partial charge is 0.354 e. The standard InChI is InChI=1S/C14H13N.N/c1-2-10-6-5-8-12-11-7-3-4-9-13(11)15-14(10)12;/h3-9,15H,2H2,1H3;. The molecule has 1 N–H and O–H groups in total. The predicted molar refractivity (Wildman–Crippen MR) is 67.3 cm³/mol. The zero-order valence-corrected chi connectivity index (χ0v) is 9.20. The van der Waals surface area contributed by atoms with E-state index in [1.165, 1.54) is 27.4 Å². The number of aromatic nitrogens is 1. The van der Waals surface area contributed by atoms with Gasteiger partial charge in [0.05, 0.1) is 0 Å². The van der Waals surface area contributed by atoms with Gasteiger partial charge in [0, 0.05) is 28.0 Å². The van der Waals surface area contributed by atoms with E-state index in [1.54, 1.807) is 0 Å². The Balaban J connectivity index is 0.000000963. The molecule has 0 saturated carbocycles. The predicted octanol–water partition coefficient (Wildman–Crippen LogP) is 3.40. The molecule has 16 heavy (non-hydrogen) atoms. The first-order valence-corrected chi connectivity index (χ1v) is 5.38. The van der Waals surface area contributed by atoms with Crippen LogP contribution in [0.15, 0.2) is 42.5 Å². The Morgan fingerprint density at radius 2 is 1.69 bits per heavy atom. The summed E-state index contributed by atoms with van der Waals surface area (Å²) in [5.41, 5.74) is 3.92. The molecule has 0 aliphatic heterocycles. The van der Waals surface area contributed by atoms with Crippen LogP contribution in [0.3, 0.4) is 0 Å². The van der Waals surface area contributed by atoms with Crippen LogP contribution in [0.4, 0.5) is 0 Å². The molecule has 0 atom stereocenters. The van der Waals surface area contributed by atoms with Crippen LogP contribution in [-0.2, 0) is 6.42 Å². The number of nitrogens with zero attached hydrogens (tertiary/aromatic N) is 1. The average Bonchev–Trinajstić information content (AvgIpc) is 2.67. The second-order valence-corrected chi connectivity index (χ2v) is 3.86. The molecule has 0 saturated heterocycles. The fourth-order valence-corrected chi connectivity index (χ4v) is 2.23. The number of H-pyrrole nitrogens is 1. The normalized spacial score (nSPS) is 10.6. The molecular weight excluding hydrogens is 196 g/mol. The highest BCUT2D eigenvalue weighted by atomic mass is 14.7. The first-order valence-electron chi connectivity index (χ1n) is 5.38. The number of aryl methyl sites for hydroxylation is 1. The van der Waals surface area contributed by atoms with E-state index in [1.807, 2.05) is 0 Å². The van der Waals surface area contributed by atoms with Crippen LogP contribution in [0.25, 0.3) is 21.8 Å². The molecule has 2 aromatic carbocycles. The SMILES string of the molecule is CCc1cccc2c1[nH]c1ccccc12.[N]. The molecular formula is C14H13N2. The lowest BCUT2D eigenvalue weighted by atomic mass is 10.1. The summed E-state index contributed by atoms with van der Waals surface area (Å²) < 4.78 is 0. The van der Waals surface area contributed by atoms with E-state index in [4.69, 9.17) is 0 Å². The molecule has 0 bridgehead atoms. The molecule has 0 unspecified atom stereocenters. The van der Waals surface area contributed by atoms with E-state index in [0.717, 1.165) is 6.42 Å². The number of benzene rings is 2. The zero-order valence-electron chi connectivity index (χ0n) is 9.20. The van der Waals surface area contributed by atoms with Crippen molar-refractivity contribution in [1.29, 1.82) is 0 Å². The number of hydrogen-bond donors (Lipinski definition) is 1. The summed E-state index contributed by atoms with van der Waals surface area (Å²) in [5, 5.41) is 2.66. The molecule has 0 aliphatic rings. The van der Waals surface area contributed by atoms with Crippen molar-refractivity contribution in [3.63, 3.8) is 0 Å². The zero-order chi connectivity index (χ0) is 10.3. The third kappa shape index (κ3) is 1.39. The highest BCUT2D eigenvalue weighted by Gasteiger charge is 2.05. The van der Waals surface area contributed by atoms with Gasteiger partial charge in [0.2, 0.25) is 0 Å². The number of fused-ring (bicyclic) bond motifs is 3. The number of rotatable bonds is 1.